The van der Waals surface area contributed by atoms with Crippen LogP contribution in [0.25, 0.3) is 11.1 Å². The van der Waals surface area contributed by atoms with Crippen LogP contribution in [-0.4, -0.2) is 45.3 Å². The number of amides is 2. The van der Waals surface area contributed by atoms with Crippen molar-refractivity contribution in [1.82, 2.24) is 4.90 Å². The van der Waals surface area contributed by atoms with Gasteiger partial charge in [0.05, 0.1) is 21.8 Å². The molecule has 0 fully saturated rings. The van der Waals surface area contributed by atoms with E-state index in [9.17, 15) is 18.0 Å². The van der Waals surface area contributed by atoms with Crippen LogP contribution in [-0.2, 0) is 10.0 Å². The number of hydrogen-bond donors (Lipinski definition) is 1. The molecule has 0 aliphatic carbocycles. The van der Waals surface area contributed by atoms with E-state index in [0.29, 0.717) is 52.3 Å². The molecule has 34 heavy (non-hydrogen) atoms. The average Bonchev–Trinajstić information content (AvgIpc) is 2.83. The molecular weight excluding hydrogens is 450 g/mol. The molecule has 0 bridgehead atoms. The smallest absolute Gasteiger partial charge is 0.264 e. The Morgan fingerprint density at radius 2 is 1.59 bits per heavy atom. The highest BCUT2D eigenvalue weighted by atomic mass is 32.2. The highest BCUT2D eigenvalue weighted by Gasteiger charge is 2.34. The lowest BCUT2D eigenvalue weighted by molar-refractivity contribution is 0.0774. The summed E-state index contributed by atoms with van der Waals surface area (Å²) in [6.07, 6.45) is 0. The molecule has 0 unspecified atom stereocenters. The van der Waals surface area contributed by atoms with Crippen LogP contribution in [0.4, 0.5) is 11.4 Å². The van der Waals surface area contributed by atoms with Crippen LogP contribution >= 0.6 is 0 Å². The number of fused-ring (bicyclic) bond motifs is 3. The van der Waals surface area contributed by atoms with E-state index in [1.807, 2.05) is 13.8 Å². The van der Waals surface area contributed by atoms with Gasteiger partial charge in [-0.2, -0.15) is 0 Å². The minimum absolute atomic E-state index is 0.150. The van der Waals surface area contributed by atoms with Crippen LogP contribution in [0, 0.1) is 6.92 Å². The first kappa shape index (κ1) is 23.5. The van der Waals surface area contributed by atoms with E-state index in [1.165, 1.54) is 11.4 Å². The molecule has 1 aliphatic heterocycles. The molecule has 2 amide bonds. The predicted molar refractivity (Wildman–Crippen MR) is 134 cm³/mol. The number of hydrogen-bond acceptors (Lipinski definition) is 4. The first-order chi connectivity index (χ1) is 16.2. The second kappa shape index (κ2) is 8.95. The van der Waals surface area contributed by atoms with Crippen LogP contribution in [0.3, 0.4) is 0 Å². The van der Waals surface area contributed by atoms with Gasteiger partial charge in [-0.25, -0.2) is 8.42 Å². The maximum absolute atomic E-state index is 13.3. The van der Waals surface area contributed by atoms with Crippen LogP contribution in [0.2, 0.25) is 0 Å². The van der Waals surface area contributed by atoms with Crippen molar-refractivity contribution in [2.75, 3.05) is 29.8 Å². The third kappa shape index (κ3) is 3.84. The first-order valence-electron chi connectivity index (χ1n) is 11.1. The number of nitrogens with one attached hydrogen (secondary N) is 1. The number of aryl methyl sites for hydroxylation is 1. The van der Waals surface area contributed by atoms with Crippen molar-refractivity contribution in [3.63, 3.8) is 0 Å². The second-order valence-corrected chi connectivity index (χ2v) is 10.1. The van der Waals surface area contributed by atoms with Crippen molar-refractivity contribution in [1.29, 1.82) is 0 Å². The zero-order valence-electron chi connectivity index (χ0n) is 19.6. The molecule has 0 aromatic heterocycles. The lowest BCUT2D eigenvalue weighted by atomic mass is 9.96. The largest absolute Gasteiger partial charge is 0.339 e. The molecule has 0 atom stereocenters. The van der Waals surface area contributed by atoms with Gasteiger partial charge in [-0.1, -0.05) is 30.3 Å². The molecule has 0 saturated carbocycles. The summed E-state index contributed by atoms with van der Waals surface area (Å²) in [6.45, 7) is 6.74. The number of carbonyl (C=O) groups excluding carboxylic acids is 2. The fourth-order valence-electron chi connectivity index (χ4n) is 4.37. The zero-order chi connectivity index (χ0) is 24.6. The average molecular weight is 478 g/mol. The normalized spacial score (nSPS) is 13.6. The molecule has 176 valence electrons. The quantitative estimate of drug-likeness (QED) is 0.585. The number of benzene rings is 3. The van der Waals surface area contributed by atoms with E-state index in [0.717, 1.165) is 0 Å². The summed E-state index contributed by atoms with van der Waals surface area (Å²) in [5, 5.41) is 2.88. The van der Waals surface area contributed by atoms with Crippen molar-refractivity contribution in [3.8, 4) is 11.1 Å². The van der Waals surface area contributed by atoms with Crippen LogP contribution in [0.5, 0.6) is 0 Å². The third-order valence-corrected chi connectivity index (χ3v) is 7.97. The molecule has 1 aliphatic rings. The van der Waals surface area contributed by atoms with E-state index in [2.05, 4.69) is 5.32 Å². The van der Waals surface area contributed by atoms with Crippen molar-refractivity contribution in [2.24, 2.45) is 0 Å². The van der Waals surface area contributed by atoms with E-state index in [-0.39, 0.29) is 16.7 Å². The molecule has 0 radical (unpaired) electrons. The van der Waals surface area contributed by atoms with Crippen LogP contribution in [0.15, 0.2) is 65.6 Å². The van der Waals surface area contributed by atoms with Gasteiger partial charge in [-0.15, -0.1) is 0 Å². The highest BCUT2D eigenvalue weighted by Crippen LogP contribution is 2.44. The Morgan fingerprint density at radius 1 is 0.941 bits per heavy atom. The van der Waals surface area contributed by atoms with Crippen molar-refractivity contribution < 1.29 is 18.0 Å². The lowest BCUT2D eigenvalue weighted by Gasteiger charge is -2.31. The Labute approximate surface area is 200 Å². The molecule has 7 nitrogen and oxygen atoms in total. The predicted octanol–water partition coefficient (Wildman–Crippen LogP) is 4.53. The van der Waals surface area contributed by atoms with Gasteiger partial charge in [0, 0.05) is 36.8 Å². The van der Waals surface area contributed by atoms with Gasteiger partial charge in [0.25, 0.3) is 21.8 Å². The van der Waals surface area contributed by atoms with E-state index in [1.54, 1.807) is 72.5 Å². The molecule has 1 heterocycles. The lowest BCUT2D eigenvalue weighted by Crippen LogP contribution is -2.32. The minimum atomic E-state index is -3.68. The van der Waals surface area contributed by atoms with Gasteiger partial charge in [0.15, 0.2) is 0 Å². The van der Waals surface area contributed by atoms with E-state index in [4.69, 9.17) is 0 Å². The fourth-order valence-corrected chi connectivity index (χ4v) is 5.85. The van der Waals surface area contributed by atoms with Gasteiger partial charge in [0.2, 0.25) is 0 Å². The van der Waals surface area contributed by atoms with Crippen molar-refractivity contribution >= 4 is 33.2 Å². The van der Waals surface area contributed by atoms with Gasteiger partial charge in [0.1, 0.15) is 0 Å². The Kier molecular flexibility index (Phi) is 6.18. The summed E-state index contributed by atoms with van der Waals surface area (Å²) < 4.78 is 27.3. The maximum Gasteiger partial charge on any atom is 0.264 e. The third-order valence-electron chi connectivity index (χ3n) is 6.15. The standard InChI is InChI=1S/C26H27N3O4S/c1-5-29(6-2)26(31)20-12-7-9-13-22(20)27-25(30)18-15-17(3)24-21(16-18)19-11-8-10-14-23(19)34(32,33)28(24)4/h7-16H,5-6H2,1-4H3,(H,27,30). The fraction of sp³-hybridized carbons (Fsp3) is 0.231. The van der Waals surface area contributed by atoms with Crippen molar-refractivity contribution in [3.05, 3.63) is 77.4 Å². The molecule has 3 aromatic rings. The molecular formula is C26H27N3O4S. The first-order valence-corrected chi connectivity index (χ1v) is 12.6. The maximum atomic E-state index is 13.3. The number of nitrogens with zero attached hydrogens (tertiary/aromatic N) is 2. The second-order valence-electron chi connectivity index (χ2n) is 8.14. The van der Waals surface area contributed by atoms with Crippen LogP contribution < -0.4 is 9.62 Å². The molecule has 8 heteroatoms. The zero-order valence-corrected chi connectivity index (χ0v) is 20.4. The molecule has 4 rings (SSSR count). The Hall–Kier alpha value is -3.65. The molecule has 3 aromatic carbocycles. The summed E-state index contributed by atoms with van der Waals surface area (Å²) in [5.41, 5.74) is 3.67. The summed E-state index contributed by atoms with van der Waals surface area (Å²) in [4.78, 5) is 28.1. The number of anilines is 2. The Bertz CT molecular complexity index is 1390. The minimum Gasteiger partial charge on any atom is -0.339 e. The SMILES string of the molecule is CCN(CC)C(=O)c1ccccc1NC(=O)c1cc(C)c2c(c1)-c1ccccc1S(=O)(=O)N2C. The Morgan fingerprint density at radius 3 is 2.29 bits per heavy atom. The number of sulfonamides is 1. The Balaban J connectivity index is 1.75. The molecule has 1 N–H and O–H groups in total. The number of para-hydroxylation sites is 1. The van der Waals surface area contributed by atoms with Gasteiger partial charge in [-0.05, 0) is 56.7 Å². The highest BCUT2D eigenvalue weighted by molar-refractivity contribution is 7.93. The van der Waals surface area contributed by atoms with Gasteiger partial charge < -0.3 is 10.2 Å². The summed E-state index contributed by atoms with van der Waals surface area (Å²) in [7, 11) is -2.16. The van der Waals surface area contributed by atoms with Crippen LogP contribution in [0.1, 0.15) is 40.1 Å². The topological polar surface area (TPSA) is 86.8 Å². The van der Waals surface area contributed by atoms with E-state index < -0.39 is 10.0 Å². The van der Waals surface area contributed by atoms with Gasteiger partial charge >= 0.3 is 0 Å². The monoisotopic (exact) mass is 477 g/mol. The number of rotatable bonds is 5. The summed E-state index contributed by atoms with van der Waals surface area (Å²) >= 11 is 0. The molecule has 0 saturated heterocycles. The molecule has 0 spiro atoms. The van der Waals surface area contributed by atoms with Crippen molar-refractivity contribution in [2.45, 2.75) is 25.7 Å². The number of carbonyl (C=O) groups is 2. The summed E-state index contributed by atoms with van der Waals surface area (Å²) in [5.74, 6) is -0.525. The summed E-state index contributed by atoms with van der Waals surface area (Å²) in [6, 6.07) is 17.1. The van der Waals surface area contributed by atoms with E-state index >= 15 is 0 Å². The van der Waals surface area contributed by atoms with Gasteiger partial charge in [-0.3, -0.25) is 13.9 Å².